The van der Waals surface area contributed by atoms with Crippen molar-refractivity contribution in [3.05, 3.63) is 64.7 Å². The highest BCUT2D eigenvalue weighted by atomic mass is 32.2. The normalized spacial score (nSPS) is 11.1. The van der Waals surface area contributed by atoms with Crippen molar-refractivity contribution >= 4 is 23.4 Å². The standard InChI is InChI=1S/C23H27FN4O2S/c1-14(2)28-21(12-30-20-10-15(3)6-7-16(20)4)26-27-23(28)31-13-22(29)25-19-9-8-18(24)11-17(19)5/h6-11,14H,12-13H2,1-5H3,(H,25,29). The van der Waals surface area contributed by atoms with Crippen LogP contribution in [0.2, 0.25) is 0 Å². The first-order chi connectivity index (χ1) is 14.7. The third-order valence-corrected chi connectivity index (χ3v) is 5.69. The Morgan fingerprint density at radius 1 is 1.13 bits per heavy atom. The maximum absolute atomic E-state index is 13.2. The molecule has 0 aliphatic heterocycles. The molecule has 8 heteroatoms. The molecule has 0 fully saturated rings. The Kier molecular flexibility index (Phi) is 7.33. The SMILES string of the molecule is Cc1ccc(C)c(OCc2nnc(SCC(=O)Nc3ccc(F)cc3C)n2C(C)C)c1. The number of thioether (sulfide) groups is 1. The van der Waals surface area contributed by atoms with Crippen LogP contribution in [0.4, 0.5) is 10.1 Å². The van der Waals surface area contributed by atoms with Gasteiger partial charge in [-0.1, -0.05) is 23.9 Å². The van der Waals surface area contributed by atoms with E-state index in [9.17, 15) is 9.18 Å². The summed E-state index contributed by atoms with van der Waals surface area (Å²) in [5.74, 6) is 1.17. The van der Waals surface area contributed by atoms with E-state index >= 15 is 0 Å². The first kappa shape index (κ1) is 22.8. The second-order valence-electron chi connectivity index (χ2n) is 7.72. The van der Waals surface area contributed by atoms with Gasteiger partial charge in [0.1, 0.15) is 18.2 Å². The number of aromatic nitrogens is 3. The van der Waals surface area contributed by atoms with Gasteiger partial charge in [0, 0.05) is 11.7 Å². The summed E-state index contributed by atoms with van der Waals surface area (Å²) < 4.78 is 21.2. The number of halogens is 1. The molecule has 3 aromatic rings. The molecule has 2 aromatic carbocycles. The van der Waals surface area contributed by atoms with E-state index in [4.69, 9.17) is 4.74 Å². The quantitative estimate of drug-likeness (QED) is 0.484. The molecule has 6 nitrogen and oxygen atoms in total. The number of hydrogen-bond acceptors (Lipinski definition) is 5. The van der Waals surface area contributed by atoms with Gasteiger partial charge < -0.3 is 14.6 Å². The molecule has 1 N–H and O–H groups in total. The van der Waals surface area contributed by atoms with Gasteiger partial charge in [-0.15, -0.1) is 10.2 Å². The molecule has 0 atom stereocenters. The zero-order valence-corrected chi connectivity index (χ0v) is 19.2. The second-order valence-corrected chi connectivity index (χ2v) is 8.66. The highest BCUT2D eigenvalue weighted by Crippen LogP contribution is 2.25. The number of ether oxygens (including phenoxy) is 1. The molecule has 0 unspecified atom stereocenters. The van der Waals surface area contributed by atoms with Crippen molar-refractivity contribution in [2.24, 2.45) is 0 Å². The van der Waals surface area contributed by atoms with Crippen LogP contribution in [0, 0.1) is 26.6 Å². The van der Waals surface area contributed by atoms with Gasteiger partial charge in [-0.3, -0.25) is 4.79 Å². The zero-order valence-electron chi connectivity index (χ0n) is 18.4. The second kappa shape index (κ2) is 9.96. The zero-order chi connectivity index (χ0) is 22.5. The molecule has 1 aromatic heterocycles. The number of rotatable bonds is 8. The van der Waals surface area contributed by atoms with Gasteiger partial charge in [-0.2, -0.15) is 0 Å². The average Bonchev–Trinajstić information content (AvgIpc) is 3.12. The Balaban J connectivity index is 1.65. The molecular weight excluding hydrogens is 415 g/mol. The molecule has 31 heavy (non-hydrogen) atoms. The van der Waals surface area contributed by atoms with E-state index in [1.165, 1.54) is 23.9 Å². The van der Waals surface area contributed by atoms with Crippen LogP contribution in [0.3, 0.4) is 0 Å². The van der Waals surface area contributed by atoms with E-state index < -0.39 is 0 Å². The molecule has 0 spiro atoms. The summed E-state index contributed by atoms with van der Waals surface area (Å²) in [7, 11) is 0. The number of benzene rings is 2. The van der Waals surface area contributed by atoms with Gasteiger partial charge in [0.25, 0.3) is 0 Å². The van der Waals surface area contributed by atoms with Gasteiger partial charge in [0.05, 0.1) is 5.75 Å². The lowest BCUT2D eigenvalue weighted by Crippen LogP contribution is -2.16. The van der Waals surface area contributed by atoms with Crippen LogP contribution in [-0.4, -0.2) is 26.4 Å². The lowest BCUT2D eigenvalue weighted by Gasteiger charge is -2.15. The molecule has 0 radical (unpaired) electrons. The van der Waals surface area contributed by atoms with Crippen molar-refractivity contribution in [1.29, 1.82) is 0 Å². The fourth-order valence-electron chi connectivity index (χ4n) is 3.11. The van der Waals surface area contributed by atoms with Gasteiger partial charge in [0.2, 0.25) is 5.91 Å². The highest BCUT2D eigenvalue weighted by Gasteiger charge is 2.17. The van der Waals surface area contributed by atoms with Crippen molar-refractivity contribution in [2.75, 3.05) is 11.1 Å². The summed E-state index contributed by atoms with van der Waals surface area (Å²) in [6.45, 7) is 10.1. The van der Waals surface area contributed by atoms with Crippen LogP contribution < -0.4 is 10.1 Å². The first-order valence-corrected chi connectivity index (χ1v) is 11.1. The average molecular weight is 443 g/mol. The predicted octanol–water partition coefficient (Wildman–Crippen LogP) is 5.23. The van der Waals surface area contributed by atoms with Crippen LogP contribution in [0.1, 0.15) is 42.4 Å². The number of anilines is 1. The van der Waals surface area contributed by atoms with E-state index in [0.717, 1.165) is 16.9 Å². The minimum Gasteiger partial charge on any atom is -0.485 e. The Labute approximate surface area is 186 Å². The van der Waals surface area contributed by atoms with Gasteiger partial charge in [-0.25, -0.2) is 4.39 Å². The highest BCUT2D eigenvalue weighted by molar-refractivity contribution is 7.99. The van der Waals surface area contributed by atoms with Crippen molar-refractivity contribution in [1.82, 2.24) is 14.8 Å². The van der Waals surface area contributed by atoms with Crippen LogP contribution in [0.5, 0.6) is 5.75 Å². The third kappa shape index (κ3) is 5.85. The summed E-state index contributed by atoms with van der Waals surface area (Å²) in [5.41, 5.74) is 3.46. The van der Waals surface area contributed by atoms with E-state index in [1.807, 2.05) is 50.5 Å². The molecule has 0 saturated heterocycles. The van der Waals surface area contributed by atoms with Crippen LogP contribution in [-0.2, 0) is 11.4 Å². The summed E-state index contributed by atoms with van der Waals surface area (Å²) in [4.78, 5) is 12.4. The molecule has 0 aliphatic carbocycles. The van der Waals surface area contributed by atoms with Crippen molar-refractivity contribution in [3.63, 3.8) is 0 Å². The first-order valence-electron chi connectivity index (χ1n) is 10.1. The third-order valence-electron chi connectivity index (χ3n) is 4.75. The molecule has 164 valence electrons. The summed E-state index contributed by atoms with van der Waals surface area (Å²) in [6, 6.07) is 10.5. The predicted molar refractivity (Wildman–Crippen MR) is 121 cm³/mol. The Hall–Kier alpha value is -2.87. The maximum Gasteiger partial charge on any atom is 0.234 e. The van der Waals surface area contributed by atoms with E-state index in [1.54, 1.807) is 13.0 Å². The minimum absolute atomic E-state index is 0.108. The van der Waals surface area contributed by atoms with Gasteiger partial charge in [-0.05, 0) is 75.6 Å². The van der Waals surface area contributed by atoms with E-state index in [-0.39, 0.29) is 30.1 Å². The van der Waals surface area contributed by atoms with Crippen molar-refractivity contribution in [2.45, 2.75) is 52.4 Å². The van der Waals surface area contributed by atoms with Gasteiger partial charge >= 0.3 is 0 Å². The van der Waals surface area contributed by atoms with Crippen LogP contribution >= 0.6 is 11.8 Å². The summed E-state index contributed by atoms with van der Waals surface area (Å²) in [5, 5.41) is 12.0. The Morgan fingerprint density at radius 3 is 2.61 bits per heavy atom. The summed E-state index contributed by atoms with van der Waals surface area (Å²) in [6.07, 6.45) is 0. The smallest absolute Gasteiger partial charge is 0.234 e. The molecule has 1 amide bonds. The largest absolute Gasteiger partial charge is 0.485 e. The van der Waals surface area contributed by atoms with E-state index in [0.29, 0.717) is 22.2 Å². The Morgan fingerprint density at radius 2 is 1.90 bits per heavy atom. The number of amides is 1. The number of hydrogen-bond donors (Lipinski definition) is 1. The number of carbonyl (C=O) groups excluding carboxylic acids is 1. The minimum atomic E-state index is -0.328. The lowest BCUT2D eigenvalue weighted by molar-refractivity contribution is -0.113. The molecule has 0 saturated carbocycles. The van der Waals surface area contributed by atoms with Gasteiger partial charge in [0.15, 0.2) is 11.0 Å². The fraction of sp³-hybridized carbons (Fsp3) is 0.348. The van der Waals surface area contributed by atoms with Crippen molar-refractivity contribution < 1.29 is 13.9 Å². The molecule has 0 aliphatic rings. The maximum atomic E-state index is 13.2. The molecular formula is C23H27FN4O2S. The lowest BCUT2D eigenvalue weighted by atomic mass is 10.1. The van der Waals surface area contributed by atoms with E-state index in [2.05, 4.69) is 15.5 Å². The molecule has 0 bridgehead atoms. The molecule has 1 heterocycles. The number of aryl methyl sites for hydroxylation is 3. The fourth-order valence-corrected chi connectivity index (χ4v) is 4.00. The van der Waals surface area contributed by atoms with Crippen molar-refractivity contribution in [3.8, 4) is 5.75 Å². The monoisotopic (exact) mass is 442 g/mol. The van der Waals surface area contributed by atoms with Crippen LogP contribution in [0.15, 0.2) is 41.6 Å². The molecule has 3 rings (SSSR count). The Bertz CT molecular complexity index is 1080. The number of nitrogens with zero attached hydrogens (tertiary/aromatic N) is 3. The topological polar surface area (TPSA) is 69.0 Å². The number of carbonyl (C=O) groups is 1. The number of nitrogens with one attached hydrogen (secondary N) is 1. The summed E-state index contributed by atoms with van der Waals surface area (Å²) >= 11 is 1.31. The van der Waals surface area contributed by atoms with Crippen LogP contribution in [0.25, 0.3) is 0 Å².